The molecule has 2 fully saturated rings. The van der Waals surface area contributed by atoms with Crippen LogP contribution in [-0.4, -0.2) is 55.7 Å². The van der Waals surface area contributed by atoms with Gasteiger partial charge in [0.05, 0.1) is 10.6 Å². The van der Waals surface area contributed by atoms with E-state index in [1.165, 1.54) is 33.5 Å². The van der Waals surface area contributed by atoms with Crippen LogP contribution < -0.4 is 9.64 Å². The van der Waals surface area contributed by atoms with Crippen LogP contribution in [0, 0.1) is 0 Å². The Kier molecular flexibility index (Phi) is 6.29. The Morgan fingerprint density at radius 2 is 1.75 bits per heavy atom. The molecule has 2 aromatic carbocycles. The second kappa shape index (κ2) is 9.13. The van der Waals surface area contributed by atoms with Crippen molar-refractivity contribution < 1.29 is 22.7 Å². The third-order valence-electron chi connectivity index (χ3n) is 5.53. The molecule has 2 aromatic rings. The molecule has 32 heavy (non-hydrogen) atoms. The first-order valence-electron chi connectivity index (χ1n) is 10.5. The van der Waals surface area contributed by atoms with Gasteiger partial charge in [-0.2, -0.15) is 4.31 Å². The number of rotatable bonds is 8. The third kappa shape index (κ3) is 4.26. The fourth-order valence-electron chi connectivity index (χ4n) is 3.84. The Labute approximate surface area is 187 Å². The lowest BCUT2D eigenvalue weighted by Crippen LogP contribution is -2.33. The molecule has 0 unspecified atom stereocenters. The normalized spacial score (nSPS) is 17.2. The number of hydrogen-bond donors (Lipinski definition) is 0. The van der Waals surface area contributed by atoms with Gasteiger partial charge in [0, 0.05) is 25.7 Å². The summed E-state index contributed by atoms with van der Waals surface area (Å²) < 4.78 is 33.6. The van der Waals surface area contributed by atoms with E-state index in [4.69, 9.17) is 4.74 Å². The van der Waals surface area contributed by atoms with Crippen LogP contribution in [0.1, 0.15) is 18.4 Å². The molecule has 0 aliphatic carbocycles. The molecule has 0 spiro atoms. The maximum atomic E-state index is 13.1. The van der Waals surface area contributed by atoms with Gasteiger partial charge in [0.25, 0.3) is 5.91 Å². The molecule has 2 saturated heterocycles. The summed E-state index contributed by atoms with van der Waals surface area (Å²) >= 11 is 0. The monoisotopic (exact) mass is 455 g/mol. The first-order valence-corrected chi connectivity index (χ1v) is 11.9. The Morgan fingerprint density at radius 3 is 2.44 bits per heavy atom. The van der Waals surface area contributed by atoms with Crippen LogP contribution in [-0.2, 0) is 21.4 Å². The van der Waals surface area contributed by atoms with Crippen LogP contribution in [0.3, 0.4) is 0 Å². The van der Waals surface area contributed by atoms with Crippen LogP contribution in [0.25, 0.3) is 0 Å². The molecule has 8 nitrogen and oxygen atoms in total. The fraction of sp³-hybridized carbons (Fsp3) is 0.304. The van der Waals surface area contributed by atoms with Gasteiger partial charge < -0.3 is 4.74 Å². The van der Waals surface area contributed by atoms with E-state index in [1.807, 2.05) is 30.3 Å². The van der Waals surface area contributed by atoms with Crippen LogP contribution in [0.5, 0.6) is 5.75 Å². The second-order valence-electron chi connectivity index (χ2n) is 7.68. The van der Waals surface area contributed by atoms with Crippen molar-refractivity contribution >= 4 is 27.6 Å². The highest BCUT2D eigenvalue weighted by Gasteiger charge is 2.38. The summed E-state index contributed by atoms with van der Waals surface area (Å²) in [5.74, 6) is -0.117. The van der Waals surface area contributed by atoms with Crippen molar-refractivity contribution in [3.8, 4) is 5.75 Å². The largest absolute Gasteiger partial charge is 0.487 e. The summed E-state index contributed by atoms with van der Waals surface area (Å²) in [6.07, 6.45) is 3.15. The molecule has 0 atom stereocenters. The Hall–Kier alpha value is -3.17. The van der Waals surface area contributed by atoms with Gasteiger partial charge in [-0.05, 0) is 30.5 Å². The summed E-state index contributed by atoms with van der Waals surface area (Å²) in [6.45, 7) is 4.71. The zero-order chi connectivity index (χ0) is 22.7. The molecule has 0 bridgehead atoms. The molecule has 0 saturated carbocycles. The van der Waals surface area contributed by atoms with Gasteiger partial charge in [0.1, 0.15) is 18.9 Å². The molecule has 4 rings (SSSR count). The number of hydrogen-bond acceptors (Lipinski definition) is 5. The van der Waals surface area contributed by atoms with Crippen molar-refractivity contribution in [1.29, 1.82) is 0 Å². The number of sulfonamides is 1. The topological polar surface area (TPSA) is 87.2 Å². The molecule has 168 valence electrons. The average Bonchev–Trinajstić information content (AvgIpc) is 3.44. The maximum Gasteiger partial charge on any atom is 0.332 e. The standard InChI is InChI=1S/C23H25N3O5S/c1-2-12-25-22(27)16-26(23(25)28)20-11-10-19(32(29,30)24-13-6-7-14-24)15-21(20)31-17-18-8-4-3-5-9-18/h2-5,8-11,15H,1,6-7,12-14,16-17H2. The Balaban J connectivity index is 1.69. The molecular formula is C23H25N3O5S. The van der Waals surface area contributed by atoms with E-state index in [2.05, 4.69) is 6.58 Å². The van der Waals surface area contributed by atoms with E-state index in [9.17, 15) is 18.0 Å². The highest BCUT2D eigenvalue weighted by molar-refractivity contribution is 7.89. The van der Waals surface area contributed by atoms with Crippen molar-refractivity contribution in [3.63, 3.8) is 0 Å². The molecule has 2 aliphatic heterocycles. The van der Waals surface area contributed by atoms with Crippen molar-refractivity contribution in [2.75, 3.05) is 31.1 Å². The lowest BCUT2D eigenvalue weighted by Gasteiger charge is -2.22. The number of nitrogens with zero attached hydrogens (tertiary/aromatic N) is 3. The summed E-state index contributed by atoms with van der Waals surface area (Å²) in [6, 6.07) is 13.4. The molecule has 0 aromatic heterocycles. The molecular weight excluding hydrogens is 430 g/mol. The number of urea groups is 1. The lowest BCUT2D eigenvalue weighted by molar-refractivity contribution is -0.124. The zero-order valence-electron chi connectivity index (χ0n) is 17.6. The van der Waals surface area contributed by atoms with Gasteiger partial charge in [0.2, 0.25) is 10.0 Å². The minimum absolute atomic E-state index is 0.104. The van der Waals surface area contributed by atoms with Gasteiger partial charge in [-0.25, -0.2) is 13.2 Å². The smallest absolute Gasteiger partial charge is 0.332 e. The predicted octanol–water partition coefficient (Wildman–Crippen LogP) is 3.00. The van der Waals surface area contributed by atoms with Crippen LogP contribution in [0.2, 0.25) is 0 Å². The lowest BCUT2D eigenvalue weighted by atomic mass is 10.2. The highest BCUT2D eigenvalue weighted by Crippen LogP contribution is 2.35. The van der Waals surface area contributed by atoms with E-state index in [0.717, 1.165) is 23.3 Å². The van der Waals surface area contributed by atoms with Crippen molar-refractivity contribution in [3.05, 3.63) is 66.7 Å². The number of amides is 3. The van der Waals surface area contributed by atoms with Crippen LogP contribution in [0.15, 0.2) is 66.1 Å². The predicted molar refractivity (Wildman–Crippen MR) is 120 cm³/mol. The first-order chi connectivity index (χ1) is 15.4. The van der Waals surface area contributed by atoms with Crippen molar-refractivity contribution in [2.45, 2.75) is 24.3 Å². The fourth-order valence-corrected chi connectivity index (χ4v) is 5.38. The van der Waals surface area contributed by atoms with E-state index in [1.54, 1.807) is 0 Å². The van der Waals surface area contributed by atoms with E-state index in [0.29, 0.717) is 18.8 Å². The number of anilines is 1. The second-order valence-corrected chi connectivity index (χ2v) is 9.61. The van der Waals surface area contributed by atoms with Gasteiger partial charge in [0.15, 0.2) is 0 Å². The van der Waals surface area contributed by atoms with Gasteiger partial charge in [-0.3, -0.25) is 14.6 Å². The SMILES string of the molecule is C=CCN1C(=O)CN(c2ccc(S(=O)(=O)N3CCCC3)cc2OCc2ccccc2)C1=O. The Bertz CT molecular complexity index is 1130. The summed E-state index contributed by atoms with van der Waals surface area (Å²) in [5.41, 5.74) is 1.24. The maximum absolute atomic E-state index is 13.1. The first kappa shape index (κ1) is 22.0. The minimum Gasteiger partial charge on any atom is -0.487 e. The number of benzene rings is 2. The van der Waals surface area contributed by atoms with E-state index < -0.39 is 16.1 Å². The number of carbonyl (C=O) groups is 2. The highest BCUT2D eigenvalue weighted by atomic mass is 32.2. The molecule has 2 heterocycles. The molecule has 2 aliphatic rings. The van der Waals surface area contributed by atoms with Crippen LogP contribution >= 0.6 is 0 Å². The van der Waals surface area contributed by atoms with Crippen molar-refractivity contribution in [2.24, 2.45) is 0 Å². The average molecular weight is 456 g/mol. The number of carbonyl (C=O) groups excluding carboxylic acids is 2. The zero-order valence-corrected chi connectivity index (χ0v) is 18.5. The van der Waals surface area contributed by atoms with Gasteiger partial charge in [-0.1, -0.05) is 36.4 Å². The molecule has 0 radical (unpaired) electrons. The summed E-state index contributed by atoms with van der Waals surface area (Å²) in [4.78, 5) is 27.7. The minimum atomic E-state index is -3.67. The quantitative estimate of drug-likeness (QED) is 0.451. The van der Waals surface area contributed by atoms with Gasteiger partial charge in [-0.15, -0.1) is 6.58 Å². The third-order valence-corrected chi connectivity index (χ3v) is 7.42. The Morgan fingerprint density at radius 1 is 1.03 bits per heavy atom. The summed E-state index contributed by atoms with van der Waals surface area (Å²) in [5, 5.41) is 0. The van der Waals surface area contributed by atoms with Crippen molar-refractivity contribution in [1.82, 2.24) is 9.21 Å². The molecule has 3 amide bonds. The summed E-state index contributed by atoms with van der Waals surface area (Å²) in [7, 11) is -3.67. The number of imide groups is 1. The van der Waals surface area contributed by atoms with E-state index in [-0.39, 0.29) is 36.2 Å². The van der Waals surface area contributed by atoms with Gasteiger partial charge >= 0.3 is 6.03 Å². The molecule has 0 N–H and O–H groups in total. The van der Waals surface area contributed by atoms with Crippen LogP contribution in [0.4, 0.5) is 10.5 Å². The van der Waals surface area contributed by atoms with E-state index >= 15 is 0 Å². The molecule has 9 heteroatoms. The number of ether oxygens (including phenoxy) is 1.